The molecule has 0 bridgehead atoms. The minimum Gasteiger partial charge on any atom is -0.370 e. The van der Waals surface area contributed by atoms with Crippen LogP contribution in [0.15, 0.2) is 75.5 Å². The Morgan fingerprint density at radius 1 is 0.981 bits per heavy atom. The molecule has 2 aromatic carbocycles. The molecular formula is C39H57N9O4S. The van der Waals surface area contributed by atoms with Crippen LogP contribution in [0.25, 0.3) is 16.7 Å². The molecule has 5 rings (SSSR count). The smallest absolute Gasteiger partial charge is 0.354 e. The number of guanidine groups is 1. The summed E-state index contributed by atoms with van der Waals surface area (Å²) in [5.74, 6) is 0.0383. The van der Waals surface area contributed by atoms with Gasteiger partial charge in [0.25, 0.3) is 5.91 Å². The minimum atomic E-state index is -3.18. The number of H-pyrrole nitrogens is 1. The van der Waals surface area contributed by atoms with Crippen molar-refractivity contribution in [2.24, 2.45) is 16.5 Å². The van der Waals surface area contributed by atoms with E-state index in [4.69, 9.17) is 11.5 Å². The summed E-state index contributed by atoms with van der Waals surface area (Å²) >= 11 is 0. The van der Waals surface area contributed by atoms with Gasteiger partial charge in [0.15, 0.2) is 15.8 Å². The van der Waals surface area contributed by atoms with Gasteiger partial charge in [-0.15, -0.1) is 0 Å². The van der Waals surface area contributed by atoms with Crippen molar-refractivity contribution in [3.8, 4) is 5.69 Å². The number of aliphatic imine (C=N–C) groups is 1. The van der Waals surface area contributed by atoms with E-state index in [1.165, 1.54) is 17.4 Å². The van der Waals surface area contributed by atoms with Crippen molar-refractivity contribution in [1.82, 2.24) is 30.5 Å². The maximum absolute atomic E-state index is 12.5. The lowest BCUT2D eigenvalue weighted by Gasteiger charge is -2.23. The molecule has 3 heterocycles. The lowest BCUT2D eigenvalue weighted by molar-refractivity contribution is 0.0953. The van der Waals surface area contributed by atoms with E-state index in [0.717, 1.165) is 36.3 Å². The van der Waals surface area contributed by atoms with Gasteiger partial charge in [0.2, 0.25) is 0 Å². The Morgan fingerprint density at radius 2 is 1.68 bits per heavy atom. The summed E-state index contributed by atoms with van der Waals surface area (Å²) in [7, 11) is -3.18. The van der Waals surface area contributed by atoms with E-state index in [-0.39, 0.29) is 34.1 Å². The third-order valence-corrected chi connectivity index (χ3v) is 10.9. The Balaban J connectivity index is 0.000000245. The molecule has 0 aliphatic carbocycles. The molecule has 4 aromatic rings. The molecule has 1 fully saturated rings. The zero-order valence-electron chi connectivity index (χ0n) is 32.0. The number of carbonyl (C=O) groups is 1. The summed E-state index contributed by atoms with van der Waals surface area (Å²) in [5.41, 5.74) is 14.0. The number of rotatable bonds is 12. The molecule has 1 atom stereocenters. The highest BCUT2D eigenvalue weighted by Gasteiger charge is 2.19. The highest BCUT2D eigenvalue weighted by molar-refractivity contribution is 7.91. The molecule has 288 valence electrons. The maximum atomic E-state index is 12.5. The largest absolute Gasteiger partial charge is 0.370 e. The van der Waals surface area contributed by atoms with Gasteiger partial charge in [0, 0.05) is 53.9 Å². The molecule has 13 nitrogen and oxygen atoms in total. The second-order valence-corrected chi connectivity index (χ2v) is 17.6. The van der Waals surface area contributed by atoms with Crippen molar-refractivity contribution in [2.75, 3.05) is 38.5 Å². The predicted molar refractivity (Wildman–Crippen MR) is 214 cm³/mol. The number of aromatic nitrogens is 3. The van der Waals surface area contributed by atoms with Crippen LogP contribution in [-0.4, -0.2) is 79.3 Å². The number of carbonyl (C=O) groups excluding carboxylic acids is 1. The fourth-order valence-electron chi connectivity index (χ4n) is 5.82. The number of benzene rings is 2. The Kier molecular flexibility index (Phi) is 14.0. The third-order valence-electron chi connectivity index (χ3n) is 9.04. The highest BCUT2D eigenvalue weighted by atomic mass is 32.2. The fourth-order valence-corrected chi connectivity index (χ4v) is 7.13. The first kappa shape index (κ1) is 41.2. The number of sulfone groups is 1. The molecule has 1 aliphatic rings. The first-order valence-corrected chi connectivity index (χ1v) is 19.9. The lowest BCUT2D eigenvalue weighted by atomic mass is 9.87. The normalized spacial score (nSPS) is 15.0. The van der Waals surface area contributed by atoms with E-state index in [1.807, 2.05) is 18.2 Å². The van der Waals surface area contributed by atoms with E-state index in [9.17, 15) is 18.0 Å². The summed E-state index contributed by atoms with van der Waals surface area (Å²) in [6.45, 7) is 16.4. The lowest BCUT2D eigenvalue weighted by Crippen LogP contribution is -2.43. The Bertz CT molecular complexity index is 2000. The van der Waals surface area contributed by atoms with Crippen molar-refractivity contribution in [3.63, 3.8) is 0 Å². The number of nitrogens with zero attached hydrogens (tertiary/aromatic N) is 3. The van der Waals surface area contributed by atoms with Gasteiger partial charge in [-0.2, -0.15) is 4.98 Å². The molecule has 53 heavy (non-hydrogen) atoms. The number of nitrogens with one attached hydrogen (secondary N) is 4. The van der Waals surface area contributed by atoms with E-state index in [1.54, 1.807) is 42.6 Å². The summed E-state index contributed by atoms with van der Waals surface area (Å²) in [5, 5.41) is 10.5. The molecule has 2 aromatic heterocycles. The molecule has 1 unspecified atom stereocenters. The van der Waals surface area contributed by atoms with E-state index in [0.29, 0.717) is 53.8 Å². The molecule has 1 aliphatic heterocycles. The molecular weight excluding hydrogens is 691 g/mol. The van der Waals surface area contributed by atoms with Crippen LogP contribution in [0, 0.1) is 0 Å². The summed E-state index contributed by atoms with van der Waals surface area (Å²) in [6.07, 6.45) is 5.41. The quantitative estimate of drug-likeness (QED) is 0.0706. The van der Waals surface area contributed by atoms with Crippen LogP contribution in [0.5, 0.6) is 0 Å². The molecule has 0 radical (unpaired) electrons. The molecule has 0 saturated carbocycles. The van der Waals surface area contributed by atoms with Gasteiger partial charge in [0.05, 0.1) is 16.3 Å². The van der Waals surface area contributed by atoms with Gasteiger partial charge in [-0.1, -0.05) is 53.7 Å². The second kappa shape index (κ2) is 18.0. The van der Waals surface area contributed by atoms with Crippen molar-refractivity contribution in [1.29, 1.82) is 0 Å². The van der Waals surface area contributed by atoms with Gasteiger partial charge in [-0.25, -0.2) is 13.2 Å². The van der Waals surface area contributed by atoms with Crippen molar-refractivity contribution < 1.29 is 13.2 Å². The third kappa shape index (κ3) is 12.3. The Morgan fingerprint density at radius 3 is 2.28 bits per heavy atom. The average Bonchev–Trinajstić information content (AvgIpc) is 3.54. The Labute approximate surface area is 313 Å². The van der Waals surface area contributed by atoms with Crippen molar-refractivity contribution in [2.45, 2.75) is 89.0 Å². The SMILES string of the molecule is CC(C)(C)c1cc2cn(-c3ccc(C(=O)NCCCN=C(N)N)cc3)c(=O)nc2[nH]1.CC(C)(C)c1ccc(S(=O)(=O)CCCNC2CCCNC2)cc1. The average molecular weight is 748 g/mol. The molecule has 8 N–H and O–H groups in total. The molecule has 1 saturated heterocycles. The second-order valence-electron chi connectivity index (χ2n) is 15.5. The number of aromatic amines is 1. The number of amides is 1. The van der Waals surface area contributed by atoms with Crippen LogP contribution in [0.4, 0.5) is 0 Å². The van der Waals surface area contributed by atoms with E-state index in [2.05, 4.69) is 72.5 Å². The standard InChI is InChI=1S/C21H27N7O2.C18H30N2O2S/c1-21(2,3)16-11-14-12-28(20(30)27-17(14)26-16)15-7-5-13(6-8-15)18(29)24-9-4-10-25-19(22)23;1-18(2,3)15-7-9-17(10-8-15)23(21,22)13-5-12-20-16-6-4-11-19-14-16/h5-8,11-12H,4,9-10H2,1-3H3,(H,24,29)(H4,22,23,25)(H,26,27,30);7-10,16,19-20H,4-6,11-14H2,1-3H3. The maximum Gasteiger partial charge on any atom is 0.354 e. The van der Waals surface area contributed by atoms with Crippen LogP contribution < -0.4 is 33.1 Å². The first-order valence-electron chi connectivity index (χ1n) is 18.3. The fraction of sp³-hybridized carbons (Fsp3) is 0.487. The van der Waals surface area contributed by atoms with Crippen LogP contribution in [-0.2, 0) is 20.7 Å². The first-order chi connectivity index (χ1) is 24.9. The van der Waals surface area contributed by atoms with Gasteiger partial charge >= 0.3 is 5.69 Å². The van der Waals surface area contributed by atoms with Gasteiger partial charge in [-0.3, -0.25) is 14.4 Å². The zero-order chi connectivity index (χ0) is 38.8. The van der Waals surface area contributed by atoms with Crippen LogP contribution in [0.2, 0.25) is 0 Å². The Hall–Kier alpha value is -4.53. The number of hydrogen-bond acceptors (Lipinski definition) is 8. The van der Waals surface area contributed by atoms with Crippen molar-refractivity contribution in [3.05, 3.63) is 88.1 Å². The van der Waals surface area contributed by atoms with Crippen LogP contribution in [0.1, 0.15) is 88.8 Å². The molecule has 0 spiro atoms. The van der Waals surface area contributed by atoms with Gasteiger partial charge in [-0.05, 0) is 92.2 Å². The van der Waals surface area contributed by atoms with Gasteiger partial charge in [0.1, 0.15) is 5.65 Å². The summed E-state index contributed by atoms with van der Waals surface area (Å²) in [6, 6.07) is 16.6. The summed E-state index contributed by atoms with van der Waals surface area (Å²) in [4.78, 5) is 36.4. The highest BCUT2D eigenvalue weighted by Crippen LogP contribution is 2.25. The monoisotopic (exact) mass is 747 g/mol. The predicted octanol–water partition coefficient (Wildman–Crippen LogP) is 3.89. The van der Waals surface area contributed by atoms with E-state index < -0.39 is 9.84 Å². The zero-order valence-corrected chi connectivity index (χ0v) is 32.8. The number of nitrogens with two attached hydrogens (primary N) is 2. The molecule has 1 amide bonds. The molecule has 14 heteroatoms. The van der Waals surface area contributed by atoms with Gasteiger partial charge < -0.3 is 32.4 Å². The van der Waals surface area contributed by atoms with E-state index >= 15 is 0 Å². The van der Waals surface area contributed by atoms with Crippen LogP contribution >= 0.6 is 0 Å². The topological polar surface area (TPSA) is 202 Å². The number of hydrogen-bond donors (Lipinski definition) is 6. The summed E-state index contributed by atoms with van der Waals surface area (Å²) < 4.78 is 26.3. The van der Waals surface area contributed by atoms with Crippen molar-refractivity contribution >= 4 is 32.7 Å². The number of fused-ring (bicyclic) bond motifs is 1. The number of piperidine rings is 1. The van der Waals surface area contributed by atoms with Crippen LogP contribution in [0.3, 0.4) is 0 Å². The minimum absolute atomic E-state index is 0.0362.